The number of aromatic hydroxyl groups is 1. The minimum atomic E-state index is -3.37. The molecule has 0 aromatic heterocycles. The van der Waals surface area contributed by atoms with Crippen molar-refractivity contribution < 1.29 is 28.2 Å². The van der Waals surface area contributed by atoms with Crippen molar-refractivity contribution in [3.05, 3.63) is 54.1 Å². The van der Waals surface area contributed by atoms with E-state index in [1.807, 2.05) is 0 Å². The Hall–Kier alpha value is -2.45. The number of hydrogen-bond acceptors (Lipinski definition) is 6. The van der Waals surface area contributed by atoms with Gasteiger partial charge in [-0.2, -0.15) is 0 Å². The second kappa shape index (κ2) is 8.77. The van der Waals surface area contributed by atoms with E-state index in [-0.39, 0.29) is 35.0 Å². The molecule has 0 unspecified atom stereocenters. The highest BCUT2D eigenvalue weighted by molar-refractivity contribution is 7.91. The Bertz CT molecular complexity index is 891. The molecule has 2 rings (SSSR count). The fourth-order valence-corrected chi connectivity index (χ4v) is 3.82. The summed E-state index contributed by atoms with van der Waals surface area (Å²) in [6, 6.07) is 12.1. The van der Waals surface area contributed by atoms with E-state index in [1.165, 1.54) is 18.2 Å². The average molecular weight is 394 g/mol. The van der Waals surface area contributed by atoms with Crippen molar-refractivity contribution in [2.45, 2.75) is 17.7 Å². The highest BCUT2D eigenvalue weighted by Crippen LogP contribution is 2.23. The van der Waals surface area contributed by atoms with E-state index in [0.29, 0.717) is 17.0 Å². The maximum Gasteiger partial charge on any atom is 0.339 e. The SMILES string of the molecule is O=C(O)c1ccc(OCCC(=S)CCS(=O)(=O)c2ccccc2)cc1O. The number of carboxylic acid groups (broad SMARTS) is 1. The molecule has 0 aliphatic rings. The molecule has 0 aliphatic carbocycles. The van der Waals surface area contributed by atoms with Crippen LogP contribution < -0.4 is 4.74 Å². The average Bonchev–Trinajstić information content (AvgIpc) is 2.60. The van der Waals surface area contributed by atoms with E-state index in [9.17, 15) is 18.3 Å². The summed E-state index contributed by atoms with van der Waals surface area (Å²) in [7, 11) is -3.37. The van der Waals surface area contributed by atoms with Gasteiger partial charge in [0.2, 0.25) is 0 Å². The third-order valence-electron chi connectivity index (χ3n) is 3.60. The molecule has 8 heteroatoms. The lowest BCUT2D eigenvalue weighted by Gasteiger charge is -2.09. The zero-order chi connectivity index (χ0) is 19.2. The Morgan fingerprint density at radius 3 is 2.38 bits per heavy atom. The van der Waals surface area contributed by atoms with E-state index in [2.05, 4.69) is 0 Å². The summed E-state index contributed by atoms with van der Waals surface area (Å²) in [5.41, 5.74) is -0.209. The lowest BCUT2D eigenvalue weighted by Crippen LogP contribution is -2.12. The highest BCUT2D eigenvalue weighted by atomic mass is 32.2. The highest BCUT2D eigenvalue weighted by Gasteiger charge is 2.15. The van der Waals surface area contributed by atoms with Gasteiger partial charge in [0.15, 0.2) is 9.84 Å². The quantitative estimate of drug-likeness (QED) is 0.630. The van der Waals surface area contributed by atoms with Crippen LogP contribution in [0.5, 0.6) is 11.5 Å². The molecule has 2 aromatic carbocycles. The Morgan fingerprint density at radius 1 is 1.08 bits per heavy atom. The summed E-state index contributed by atoms with van der Waals surface area (Å²) < 4.78 is 29.8. The molecule has 0 atom stereocenters. The van der Waals surface area contributed by atoms with Crippen LogP contribution in [0.3, 0.4) is 0 Å². The van der Waals surface area contributed by atoms with Crippen LogP contribution in [0.1, 0.15) is 23.2 Å². The maximum absolute atomic E-state index is 12.2. The van der Waals surface area contributed by atoms with Gasteiger partial charge in [0.25, 0.3) is 0 Å². The zero-order valence-corrected chi connectivity index (χ0v) is 15.4. The van der Waals surface area contributed by atoms with Gasteiger partial charge < -0.3 is 14.9 Å². The molecule has 0 spiro atoms. The van der Waals surface area contributed by atoms with E-state index in [1.54, 1.807) is 30.3 Å². The van der Waals surface area contributed by atoms with Crippen LogP contribution in [0.2, 0.25) is 0 Å². The lowest BCUT2D eigenvalue weighted by atomic mass is 10.2. The number of carboxylic acids is 1. The lowest BCUT2D eigenvalue weighted by molar-refractivity contribution is 0.0693. The van der Waals surface area contributed by atoms with Crippen molar-refractivity contribution in [2.24, 2.45) is 0 Å². The number of ether oxygens (including phenoxy) is 1. The van der Waals surface area contributed by atoms with Crippen molar-refractivity contribution in [1.82, 2.24) is 0 Å². The minimum Gasteiger partial charge on any atom is -0.507 e. The molecular weight excluding hydrogens is 376 g/mol. The molecule has 0 saturated heterocycles. The number of hydrogen-bond donors (Lipinski definition) is 2. The Labute approximate surface area is 157 Å². The first-order chi connectivity index (χ1) is 12.3. The predicted octanol–water partition coefficient (Wildman–Crippen LogP) is 3.09. The number of thiocarbonyl (C=S) groups is 1. The van der Waals surface area contributed by atoms with Crippen molar-refractivity contribution in [3.8, 4) is 11.5 Å². The first kappa shape index (κ1) is 19.9. The molecular formula is C18H18O6S2. The fraction of sp³-hybridized carbons (Fsp3) is 0.222. The molecule has 0 saturated carbocycles. The maximum atomic E-state index is 12.2. The van der Waals surface area contributed by atoms with E-state index < -0.39 is 15.8 Å². The normalized spacial score (nSPS) is 11.1. The summed E-state index contributed by atoms with van der Waals surface area (Å²) in [5.74, 6) is -1.36. The largest absolute Gasteiger partial charge is 0.507 e. The second-order valence-corrected chi connectivity index (χ2v) is 8.19. The molecule has 2 aromatic rings. The number of benzene rings is 2. The fourth-order valence-electron chi connectivity index (χ4n) is 2.18. The molecule has 0 amide bonds. The monoisotopic (exact) mass is 394 g/mol. The molecule has 26 heavy (non-hydrogen) atoms. The van der Waals surface area contributed by atoms with E-state index in [0.717, 1.165) is 0 Å². The molecule has 0 heterocycles. The van der Waals surface area contributed by atoms with Crippen LogP contribution >= 0.6 is 12.2 Å². The van der Waals surface area contributed by atoms with Crippen molar-refractivity contribution >= 4 is 32.9 Å². The third-order valence-corrected chi connectivity index (χ3v) is 5.74. The van der Waals surface area contributed by atoms with Gasteiger partial charge in [-0.15, -0.1) is 0 Å². The summed E-state index contributed by atoms with van der Waals surface area (Å²) in [4.78, 5) is 11.7. The number of sulfone groups is 1. The number of carbonyl (C=O) groups is 1. The molecule has 2 N–H and O–H groups in total. The zero-order valence-electron chi connectivity index (χ0n) is 13.8. The smallest absolute Gasteiger partial charge is 0.339 e. The minimum absolute atomic E-state index is 0.0655. The summed E-state index contributed by atoms with van der Waals surface area (Å²) in [5, 5.41) is 18.4. The molecule has 0 fully saturated rings. The van der Waals surface area contributed by atoms with Gasteiger partial charge in [0.1, 0.15) is 17.1 Å². The second-order valence-electron chi connectivity index (χ2n) is 5.50. The molecule has 0 bridgehead atoms. The van der Waals surface area contributed by atoms with Crippen molar-refractivity contribution in [2.75, 3.05) is 12.4 Å². The van der Waals surface area contributed by atoms with Crippen LogP contribution in [0, 0.1) is 0 Å². The third kappa shape index (κ3) is 5.53. The van der Waals surface area contributed by atoms with Gasteiger partial charge in [0.05, 0.1) is 17.3 Å². The van der Waals surface area contributed by atoms with Crippen LogP contribution in [0.25, 0.3) is 0 Å². The number of phenols is 1. The summed E-state index contributed by atoms with van der Waals surface area (Å²) in [6.07, 6.45) is 0.625. The van der Waals surface area contributed by atoms with Crippen LogP contribution in [-0.4, -0.2) is 41.8 Å². The van der Waals surface area contributed by atoms with E-state index in [4.69, 9.17) is 22.1 Å². The van der Waals surface area contributed by atoms with Gasteiger partial charge in [-0.1, -0.05) is 30.4 Å². The van der Waals surface area contributed by atoms with Crippen molar-refractivity contribution in [1.29, 1.82) is 0 Å². The van der Waals surface area contributed by atoms with E-state index >= 15 is 0 Å². The molecule has 0 radical (unpaired) electrons. The molecule has 0 aliphatic heterocycles. The molecule has 138 valence electrons. The van der Waals surface area contributed by atoms with Crippen LogP contribution in [0.4, 0.5) is 0 Å². The van der Waals surface area contributed by atoms with Gasteiger partial charge in [-0.25, -0.2) is 13.2 Å². The Kier molecular flexibility index (Phi) is 6.70. The summed E-state index contributed by atoms with van der Waals surface area (Å²) >= 11 is 5.20. The molecule has 6 nitrogen and oxygen atoms in total. The van der Waals surface area contributed by atoms with Crippen molar-refractivity contribution in [3.63, 3.8) is 0 Å². The summed E-state index contributed by atoms with van der Waals surface area (Å²) in [6.45, 7) is 0.204. The van der Waals surface area contributed by atoms with Gasteiger partial charge >= 0.3 is 5.97 Å². The van der Waals surface area contributed by atoms with Gasteiger partial charge in [-0.05, 0) is 35.6 Å². The van der Waals surface area contributed by atoms with Gasteiger partial charge in [-0.3, -0.25) is 0 Å². The Balaban J connectivity index is 1.81. The number of rotatable bonds is 9. The Morgan fingerprint density at radius 2 is 1.77 bits per heavy atom. The van der Waals surface area contributed by atoms with Crippen LogP contribution in [-0.2, 0) is 9.84 Å². The first-order valence-electron chi connectivity index (χ1n) is 7.78. The predicted molar refractivity (Wildman–Crippen MR) is 101 cm³/mol. The topological polar surface area (TPSA) is 101 Å². The number of aromatic carboxylic acids is 1. The van der Waals surface area contributed by atoms with Crippen LogP contribution in [0.15, 0.2) is 53.4 Å². The standard InChI is InChI=1S/C18H18O6S2/c19-17-12-13(6-7-16(17)18(20)21)24-10-8-14(25)9-11-26(22,23)15-4-2-1-3-5-15/h1-7,12,19H,8-11H2,(H,20,21). The van der Waals surface area contributed by atoms with Gasteiger partial charge in [0, 0.05) is 12.5 Å². The first-order valence-corrected chi connectivity index (χ1v) is 9.84.